The molecule has 0 saturated carbocycles. The fraction of sp³-hybridized carbons (Fsp3) is 0.222. The van der Waals surface area contributed by atoms with Crippen LogP contribution in [0.25, 0.3) is 17.2 Å². The van der Waals surface area contributed by atoms with Gasteiger partial charge in [0.25, 0.3) is 11.8 Å². The molecule has 1 aromatic carbocycles. The van der Waals surface area contributed by atoms with Crippen LogP contribution in [-0.2, 0) is 6.54 Å². The molecule has 0 bridgehead atoms. The van der Waals surface area contributed by atoms with Crippen LogP contribution in [-0.4, -0.2) is 23.3 Å². The second-order valence-electron chi connectivity index (χ2n) is 5.70. The Kier molecular flexibility index (Phi) is 3.78. The van der Waals surface area contributed by atoms with E-state index >= 15 is 0 Å². The number of hydrogen-bond acceptors (Lipinski definition) is 4. The maximum Gasteiger partial charge on any atom is 0.283 e. The highest BCUT2D eigenvalue weighted by Crippen LogP contribution is 2.19. The minimum atomic E-state index is 0.446. The molecule has 0 fully saturated rings. The summed E-state index contributed by atoms with van der Waals surface area (Å²) in [7, 11) is 0. The quantitative estimate of drug-likeness (QED) is 0.803. The third-order valence-corrected chi connectivity index (χ3v) is 4.13. The highest BCUT2D eigenvalue weighted by atomic mass is 16.4. The Bertz CT molecular complexity index is 791. The van der Waals surface area contributed by atoms with Crippen molar-refractivity contribution in [2.45, 2.75) is 13.0 Å². The van der Waals surface area contributed by atoms with Gasteiger partial charge in [-0.1, -0.05) is 30.3 Å². The summed E-state index contributed by atoms with van der Waals surface area (Å²) in [5.74, 6) is 1.72. The zero-order valence-electron chi connectivity index (χ0n) is 12.7. The zero-order valence-corrected chi connectivity index (χ0v) is 12.7. The van der Waals surface area contributed by atoms with Crippen molar-refractivity contribution in [1.82, 2.24) is 10.2 Å². The Hall–Kier alpha value is -2.66. The first-order chi connectivity index (χ1) is 11.4. The first-order valence-corrected chi connectivity index (χ1v) is 7.83. The van der Waals surface area contributed by atoms with Crippen LogP contribution in [0.1, 0.15) is 17.9 Å². The molecule has 2 aromatic heterocycles. The molecule has 0 aliphatic carbocycles. The summed E-state index contributed by atoms with van der Waals surface area (Å²) in [6.07, 6.45) is 4.99. The molecule has 5 heteroatoms. The van der Waals surface area contributed by atoms with Crippen LogP contribution in [0.3, 0.4) is 0 Å². The number of nitrogens with zero attached hydrogens (tertiary/aromatic N) is 2. The lowest BCUT2D eigenvalue weighted by Crippen LogP contribution is -3.11. The first-order valence-electron chi connectivity index (χ1n) is 7.83. The van der Waals surface area contributed by atoms with E-state index in [1.54, 1.807) is 6.26 Å². The zero-order chi connectivity index (χ0) is 15.5. The van der Waals surface area contributed by atoms with E-state index in [2.05, 4.69) is 46.6 Å². The van der Waals surface area contributed by atoms with E-state index in [0.29, 0.717) is 17.5 Å². The number of hydrogen-bond donors (Lipinski definition) is 1. The van der Waals surface area contributed by atoms with Crippen LogP contribution in [0.5, 0.6) is 0 Å². The Morgan fingerprint density at radius 3 is 2.70 bits per heavy atom. The summed E-state index contributed by atoms with van der Waals surface area (Å²) in [6, 6.07) is 14.2. The molecule has 3 heterocycles. The fourth-order valence-electron chi connectivity index (χ4n) is 2.90. The van der Waals surface area contributed by atoms with Gasteiger partial charge in [-0.05, 0) is 29.3 Å². The van der Waals surface area contributed by atoms with Crippen molar-refractivity contribution in [2.75, 3.05) is 13.1 Å². The first kappa shape index (κ1) is 14.0. The minimum Gasteiger partial charge on any atom is -0.459 e. The van der Waals surface area contributed by atoms with Gasteiger partial charge in [0.2, 0.25) is 0 Å². The van der Waals surface area contributed by atoms with E-state index in [1.165, 1.54) is 16.0 Å². The van der Waals surface area contributed by atoms with E-state index < -0.39 is 0 Å². The molecule has 0 radical (unpaired) electrons. The number of furan rings is 1. The normalized spacial score (nSPS) is 17.9. The standard InChI is InChI=1S/C18H17N3O2/c1-2-5-14(6-3-1)15-8-10-21(11-9-15)13-17-19-20-18(23-17)16-7-4-12-22-16/h1-8,12H,9-11,13H2/p+1. The van der Waals surface area contributed by atoms with Crippen LogP contribution in [0.2, 0.25) is 0 Å². The highest BCUT2D eigenvalue weighted by molar-refractivity contribution is 5.65. The van der Waals surface area contributed by atoms with Crippen molar-refractivity contribution in [3.8, 4) is 11.7 Å². The van der Waals surface area contributed by atoms with Gasteiger partial charge in [-0.15, -0.1) is 10.2 Å². The second-order valence-corrected chi connectivity index (χ2v) is 5.70. The molecule has 4 rings (SSSR count). The highest BCUT2D eigenvalue weighted by Gasteiger charge is 2.20. The minimum absolute atomic E-state index is 0.446. The lowest BCUT2D eigenvalue weighted by molar-refractivity contribution is -0.910. The van der Waals surface area contributed by atoms with Gasteiger partial charge in [0, 0.05) is 6.42 Å². The summed E-state index contributed by atoms with van der Waals surface area (Å²) in [5, 5.41) is 8.17. The Morgan fingerprint density at radius 1 is 1.04 bits per heavy atom. The number of nitrogens with one attached hydrogen (secondary N) is 1. The maximum atomic E-state index is 5.68. The van der Waals surface area contributed by atoms with Crippen molar-refractivity contribution < 1.29 is 13.7 Å². The van der Waals surface area contributed by atoms with Gasteiger partial charge in [0.15, 0.2) is 12.3 Å². The summed E-state index contributed by atoms with van der Waals surface area (Å²) in [6.45, 7) is 2.79. The predicted octanol–water partition coefficient (Wildman–Crippen LogP) is 2.20. The number of rotatable bonds is 4. The van der Waals surface area contributed by atoms with Crippen molar-refractivity contribution in [3.63, 3.8) is 0 Å². The van der Waals surface area contributed by atoms with Gasteiger partial charge in [-0.25, -0.2) is 0 Å². The van der Waals surface area contributed by atoms with Gasteiger partial charge in [0.05, 0.1) is 19.4 Å². The molecule has 5 nitrogen and oxygen atoms in total. The average molecular weight is 308 g/mol. The molecule has 116 valence electrons. The van der Waals surface area contributed by atoms with Crippen LogP contribution >= 0.6 is 0 Å². The lowest BCUT2D eigenvalue weighted by atomic mass is 10.00. The molecule has 0 saturated heterocycles. The molecule has 0 spiro atoms. The maximum absolute atomic E-state index is 5.68. The van der Waals surface area contributed by atoms with E-state index in [4.69, 9.17) is 8.83 Å². The van der Waals surface area contributed by atoms with Gasteiger partial charge in [0.1, 0.15) is 0 Å². The van der Waals surface area contributed by atoms with E-state index in [1.807, 2.05) is 12.1 Å². The Balaban J connectivity index is 1.41. The summed E-state index contributed by atoms with van der Waals surface area (Å²) < 4.78 is 11.0. The molecule has 23 heavy (non-hydrogen) atoms. The Labute approximate surface area is 134 Å². The monoisotopic (exact) mass is 308 g/mol. The molecule has 1 unspecified atom stereocenters. The van der Waals surface area contributed by atoms with Crippen molar-refractivity contribution in [3.05, 3.63) is 66.3 Å². The van der Waals surface area contributed by atoms with Crippen molar-refractivity contribution in [1.29, 1.82) is 0 Å². The number of benzene rings is 1. The summed E-state index contributed by atoms with van der Waals surface area (Å²) >= 11 is 0. The van der Waals surface area contributed by atoms with Crippen molar-refractivity contribution in [2.24, 2.45) is 0 Å². The molecule has 3 aromatic rings. The topological polar surface area (TPSA) is 56.5 Å². The van der Waals surface area contributed by atoms with Crippen LogP contribution in [0.4, 0.5) is 0 Å². The molecule has 1 aliphatic heterocycles. The number of quaternary nitrogens is 1. The summed E-state index contributed by atoms with van der Waals surface area (Å²) in [4.78, 5) is 1.43. The average Bonchev–Trinajstić information content (AvgIpc) is 3.28. The SMILES string of the molecule is C1=C(c2ccccc2)CC[NH+](Cc2nnc(-c3ccco3)o2)C1. The van der Waals surface area contributed by atoms with Gasteiger partial charge >= 0.3 is 0 Å². The van der Waals surface area contributed by atoms with E-state index in [9.17, 15) is 0 Å². The van der Waals surface area contributed by atoms with Gasteiger partial charge in [-0.3, -0.25) is 0 Å². The van der Waals surface area contributed by atoms with E-state index in [0.717, 1.165) is 26.1 Å². The van der Waals surface area contributed by atoms with Crippen LogP contribution < -0.4 is 4.90 Å². The second kappa shape index (κ2) is 6.22. The van der Waals surface area contributed by atoms with Crippen LogP contribution in [0.15, 0.2) is 63.6 Å². The smallest absolute Gasteiger partial charge is 0.283 e. The third-order valence-electron chi connectivity index (χ3n) is 4.13. The van der Waals surface area contributed by atoms with Crippen LogP contribution in [0, 0.1) is 0 Å². The predicted molar refractivity (Wildman–Crippen MR) is 85.4 cm³/mol. The largest absolute Gasteiger partial charge is 0.459 e. The molecule has 1 N–H and O–H groups in total. The Morgan fingerprint density at radius 2 is 1.96 bits per heavy atom. The van der Waals surface area contributed by atoms with E-state index in [-0.39, 0.29) is 0 Å². The molecular weight excluding hydrogens is 290 g/mol. The molecule has 1 atom stereocenters. The fourth-order valence-corrected chi connectivity index (χ4v) is 2.90. The molecule has 0 amide bonds. The van der Waals surface area contributed by atoms with Gasteiger partial charge < -0.3 is 13.7 Å². The molecular formula is C18H18N3O2+. The molecule has 1 aliphatic rings. The summed E-state index contributed by atoms with van der Waals surface area (Å²) in [5.41, 5.74) is 2.75. The lowest BCUT2D eigenvalue weighted by Gasteiger charge is -2.22. The van der Waals surface area contributed by atoms with Crippen molar-refractivity contribution >= 4 is 5.57 Å². The van der Waals surface area contributed by atoms with Gasteiger partial charge in [-0.2, -0.15) is 0 Å². The number of aromatic nitrogens is 2. The third kappa shape index (κ3) is 3.10.